The van der Waals surface area contributed by atoms with Gasteiger partial charge in [0.2, 0.25) is 5.75 Å². The molecule has 1 aliphatic carbocycles. The first kappa shape index (κ1) is 19.1. The van der Waals surface area contributed by atoms with Crippen molar-refractivity contribution in [2.45, 2.75) is 25.3 Å². The molecule has 8 heteroatoms. The van der Waals surface area contributed by atoms with E-state index in [1.54, 1.807) is 24.3 Å². The lowest BCUT2D eigenvalue weighted by Crippen LogP contribution is -2.39. The van der Waals surface area contributed by atoms with Gasteiger partial charge in [0.15, 0.2) is 0 Å². The fourth-order valence-electron chi connectivity index (χ4n) is 3.28. The van der Waals surface area contributed by atoms with Crippen LogP contribution in [0.1, 0.15) is 29.6 Å². The van der Waals surface area contributed by atoms with Crippen LogP contribution >= 0.6 is 11.6 Å². The summed E-state index contributed by atoms with van der Waals surface area (Å²) in [7, 11) is 0. The van der Waals surface area contributed by atoms with Gasteiger partial charge in [-0.1, -0.05) is 18.0 Å². The number of nitrogens with zero attached hydrogens (tertiary/aromatic N) is 1. The van der Waals surface area contributed by atoms with Gasteiger partial charge in [-0.3, -0.25) is 14.9 Å². The number of carbonyl (C=O) groups excluding carboxylic acids is 1. The molecule has 3 rings (SSSR count). The van der Waals surface area contributed by atoms with Crippen molar-refractivity contribution >= 4 is 23.2 Å². The van der Waals surface area contributed by atoms with Crippen molar-refractivity contribution in [3.63, 3.8) is 0 Å². The zero-order valence-electron chi connectivity index (χ0n) is 14.6. The number of nitro groups is 1. The average molecular weight is 390 g/mol. The first-order valence-corrected chi connectivity index (χ1v) is 9.08. The van der Waals surface area contributed by atoms with E-state index in [9.17, 15) is 14.9 Å². The van der Waals surface area contributed by atoms with Crippen LogP contribution in [0.2, 0.25) is 5.02 Å². The molecule has 27 heavy (non-hydrogen) atoms. The smallest absolute Gasteiger partial charge is 0.313 e. The van der Waals surface area contributed by atoms with Crippen LogP contribution in [0.25, 0.3) is 0 Å². The predicted octanol–water partition coefficient (Wildman–Crippen LogP) is 3.90. The Kier molecular flexibility index (Phi) is 5.93. The van der Waals surface area contributed by atoms with Gasteiger partial charge in [0.05, 0.1) is 4.92 Å². The maximum atomic E-state index is 12.4. The van der Waals surface area contributed by atoms with Crippen LogP contribution in [0.5, 0.6) is 11.5 Å². The van der Waals surface area contributed by atoms with E-state index in [1.165, 1.54) is 18.2 Å². The molecule has 2 aromatic rings. The Morgan fingerprint density at radius 2 is 2.00 bits per heavy atom. The summed E-state index contributed by atoms with van der Waals surface area (Å²) in [4.78, 5) is 23.0. The van der Waals surface area contributed by atoms with Crippen LogP contribution in [0.3, 0.4) is 0 Å². The molecule has 0 aliphatic heterocycles. The maximum Gasteiger partial charge on any atom is 0.313 e. The molecule has 1 amide bonds. The van der Waals surface area contributed by atoms with Crippen LogP contribution < -0.4 is 15.8 Å². The van der Waals surface area contributed by atoms with Gasteiger partial charge >= 0.3 is 5.69 Å². The minimum atomic E-state index is -0.557. The summed E-state index contributed by atoms with van der Waals surface area (Å²) in [6.07, 6.45) is 3.04. The Labute approximate surface area is 161 Å². The highest BCUT2D eigenvalue weighted by Crippen LogP contribution is 2.33. The van der Waals surface area contributed by atoms with E-state index in [0.29, 0.717) is 23.8 Å². The monoisotopic (exact) mass is 389 g/mol. The predicted molar refractivity (Wildman–Crippen MR) is 102 cm³/mol. The van der Waals surface area contributed by atoms with Crippen LogP contribution in [0.4, 0.5) is 5.69 Å². The van der Waals surface area contributed by atoms with Crippen molar-refractivity contribution in [1.29, 1.82) is 0 Å². The van der Waals surface area contributed by atoms with Crippen LogP contribution in [0, 0.1) is 16.0 Å². The molecule has 2 atom stereocenters. The summed E-state index contributed by atoms with van der Waals surface area (Å²) in [5.41, 5.74) is 6.02. The van der Waals surface area contributed by atoms with E-state index in [1.807, 2.05) is 0 Å². The molecule has 0 aromatic heterocycles. The minimum absolute atomic E-state index is 0.0818. The standard InChI is InChI=1S/C19H20ClN3O4/c20-14-6-9-18(17(10-14)23(25)26)27-15-7-4-12(5-8-15)19(24)22-16-3-1-2-13(16)11-21/h4-10,13,16H,1-3,11,21H2,(H,22,24). The number of nitrogens with one attached hydrogen (secondary N) is 1. The van der Waals surface area contributed by atoms with Crippen LogP contribution in [-0.4, -0.2) is 23.4 Å². The second kappa shape index (κ2) is 8.37. The third-order valence-corrected chi connectivity index (χ3v) is 4.98. The number of nitrogens with two attached hydrogens (primary N) is 1. The molecular weight excluding hydrogens is 370 g/mol. The second-order valence-electron chi connectivity index (χ2n) is 6.50. The number of ether oxygens (including phenoxy) is 1. The van der Waals surface area contributed by atoms with Gasteiger partial charge in [-0.2, -0.15) is 0 Å². The van der Waals surface area contributed by atoms with Gasteiger partial charge < -0.3 is 15.8 Å². The molecule has 0 radical (unpaired) electrons. The quantitative estimate of drug-likeness (QED) is 0.575. The summed E-state index contributed by atoms with van der Waals surface area (Å²) in [6.45, 7) is 0.567. The number of halogens is 1. The third kappa shape index (κ3) is 4.56. The van der Waals surface area contributed by atoms with Gasteiger partial charge in [-0.15, -0.1) is 0 Å². The van der Waals surface area contributed by atoms with Crippen molar-refractivity contribution in [2.24, 2.45) is 11.7 Å². The molecule has 0 spiro atoms. The lowest BCUT2D eigenvalue weighted by molar-refractivity contribution is -0.385. The van der Waals surface area contributed by atoms with Crippen LogP contribution in [0.15, 0.2) is 42.5 Å². The maximum absolute atomic E-state index is 12.4. The van der Waals surface area contributed by atoms with Gasteiger partial charge in [0.1, 0.15) is 5.75 Å². The number of rotatable bonds is 6. The molecule has 2 unspecified atom stereocenters. The van der Waals surface area contributed by atoms with Gasteiger partial charge in [0.25, 0.3) is 5.91 Å². The third-order valence-electron chi connectivity index (χ3n) is 4.74. The SMILES string of the molecule is NCC1CCCC1NC(=O)c1ccc(Oc2ccc(Cl)cc2[N+](=O)[O-])cc1. The van der Waals surface area contributed by atoms with Crippen LogP contribution in [-0.2, 0) is 0 Å². The van der Waals surface area contributed by atoms with Crippen molar-refractivity contribution < 1.29 is 14.5 Å². The normalized spacial score (nSPS) is 18.9. The van der Waals surface area contributed by atoms with Gasteiger partial charge in [-0.05, 0) is 61.7 Å². The van der Waals surface area contributed by atoms with E-state index in [4.69, 9.17) is 22.1 Å². The summed E-state index contributed by atoms with van der Waals surface area (Å²) < 4.78 is 5.58. The highest BCUT2D eigenvalue weighted by molar-refractivity contribution is 6.30. The molecule has 2 aromatic carbocycles. The molecule has 142 valence electrons. The van der Waals surface area contributed by atoms with Crippen molar-refractivity contribution in [3.05, 3.63) is 63.2 Å². The lowest BCUT2D eigenvalue weighted by atomic mass is 10.0. The molecule has 7 nitrogen and oxygen atoms in total. The molecule has 0 heterocycles. The summed E-state index contributed by atoms with van der Waals surface area (Å²) in [6, 6.07) is 10.7. The molecule has 1 aliphatic rings. The molecular formula is C19H20ClN3O4. The Bertz CT molecular complexity index is 841. The topological polar surface area (TPSA) is 107 Å². The Hall–Kier alpha value is -2.64. The Morgan fingerprint density at radius 1 is 1.26 bits per heavy atom. The minimum Gasteiger partial charge on any atom is -0.450 e. The number of amides is 1. The summed E-state index contributed by atoms with van der Waals surface area (Å²) >= 11 is 5.80. The highest BCUT2D eigenvalue weighted by atomic mass is 35.5. The summed E-state index contributed by atoms with van der Waals surface area (Å²) in [5, 5.41) is 14.4. The average Bonchev–Trinajstić information content (AvgIpc) is 3.10. The zero-order valence-corrected chi connectivity index (χ0v) is 15.3. The Morgan fingerprint density at radius 3 is 2.67 bits per heavy atom. The molecule has 3 N–H and O–H groups in total. The van der Waals surface area contributed by atoms with Gasteiger partial charge in [0, 0.05) is 22.7 Å². The number of hydrogen-bond donors (Lipinski definition) is 2. The van der Waals surface area contributed by atoms with E-state index in [-0.39, 0.29) is 28.4 Å². The zero-order chi connectivity index (χ0) is 19.4. The largest absolute Gasteiger partial charge is 0.450 e. The number of benzene rings is 2. The molecule has 1 saturated carbocycles. The van der Waals surface area contributed by atoms with E-state index in [2.05, 4.69) is 5.32 Å². The van der Waals surface area contributed by atoms with Crippen molar-refractivity contribution in [3.8, 4) is 11.5 Å². The fourth-order valence-corrected chi connectivity index (χ4v) is 3.45. The second-order valence-corrected chi connectivity index (χ2v) is 6.94. The van der Waals surface area contributed by atoms with E-state index in [0.717, 1.165) is 19.3 Å². The highest BCUT2D eigenvalue weighted by Gasteiger charge is 2.27. The molecule has 0 saturated heterocycles. The van der Waals surface area contributed by atoms with E-state index < -0.39 is 4.92 Å². The van der Waals surface area contributed by atoms with Gasteiger partial charge in [-0.25, -0.2) is 0 Å². The molecule has 0 bridgehead atoms. The Balaban J connectivity index is 1.69. The number of carbonyl (C=O) groups is 1. The van der Waals surface area contributed by atoms with Crippen molar-refractivity contribution in [1.82, 2.24) is 5.32 Å². The summed E-state index contributed by atoms with van der Waals surface area (Å²) in [5.74, 6) is 0.627. The molecule has 1 fully saturated rings. The first-order chi connectivity index (χ1) is 13.0. The lowest BCUT2D eigenvalue weighted by Gasteiger charge is -2.19. The fraction of sp³-hybridized carbons (Fsp3) is 0.316. The number of hydrogen-bond acceptors (Lipinski definition) is 5. The van der Waals surface area contributed by atoms with Crippen molar-refractivity contribution in [2.75, 3.05) is 6.54 Å². The van der Waals surface area contributed by atoms with E-state index >= 15 is 0 Å². The number of nitro benzene ring substituents is 1. The first-order valence-electron chi connectivity index (χ1n) is 8.70.